The number of aryl methyl sites for hydroxylation is 3. The van der Waals surface area contributed by atoms with Crippen molar-refractivity contribution in [3.63, 3.8) is 0 Å². The Labute approximate surface area is 195 Å². The van der Waals surface area contributed by atoms with Gasteiger partial charge in [-0.1, -0.05) is 37.3 Å². The lowest BCUT2D eigenvalue weighted by molar-refractivity contribution is -0.116. The highest BCUT2D eigenvalue weighted by molar-refractivity contribution is 7.18. The van der Waals surface area contributed by atoms with Crippen LogP contribution < -0.4 is 16.6 Å². The van der Waals surface area contributed by atoms with Crippen LogP contribution >= 0.6 is 11.3 Å². The predicted molar refractivity (Wildman–Crippen MR) is 133 cm³/mol. The van der Waals surface area contributed by atoms with Crippen LogP contribution in [0.4, 0.5) is 5.69 Å². The molecule has 1 N–H and O–H groups in total. The summed E-state index contributed by atoms with van der Waals surface area (Å²) < 4.78 is 2.66. The van der Waals surface area contributed by atoms with E-state index in [1.165, 1.54) is 26.0 Å². The maximum Gasteiger partial charge on any atom is 0.337 e. The van der Waals surface area contributed by atoms with Crippen molar-refractivity contribution in [2.75, 3.05) is 5.32 Å². The number of carbonyl (C=O) groups is 1. The van der Waals surface area contributed by atoms with Crippen molar-refractivity contribution in [3.05, 3.63) is 91.4 Å². The van der Waals surface area contributed by atoms with Crippen molar-refractivity contribution in [3.8, 4) is 5.69 Å². The molecule has 4 aromatic rings. The van der Waals surface area contributed by atoms with Crippen LogP contribution in [0.3, 0.4) is 0 Å². The molecule has 7 heteroatoms. The average molecular weight is 460 g/mol. The molecule has 2 aromatic heterocycles. The maximum absolute atomic E-state index is 13.5. The van der Waals surface area contributed by atoms with E-state index in [0.717, 1.165) is 42.5 Å². The van der Waals surface area contributed by atoms with E-state index in [4.69, 9.17) is 0 Å². The summed E-state index contributed by atoms with van der Waals surface area (Å²) in [5, 5.41) is 3.47. The fraction of sp³-hybridized carbons (Fsp3) is 0.269. The van der Waals surface area contributed by atoms with Crippen molar-refractivity contribution in [1.82, 2.24) is 9.13 Å². The first-order valence-corrected chi connectivity index (χ1v) is 12.1. The Morgan fingerprint density at radius 3 is 2.45 bits per heavy atom. The highest BCUT2D eigenvalue weighted by Gasteiger charge is 2.25. The van der Waals surface area contributed by atoms with E-state index in [-0.39, 0.29) is 18.0 Å². The Morgan fingerprint density at radius 2 is 1.73 bits per heavy atom. The number of anilines is 1. The Kier molecular flexibility index (Phi) is 5.72. The second-order valence-corrected chi connectivity index (χ2v) is 9.42. The summed E-state index contributed by atoms with van der Waals surface area (Å²) in [7, 11) is 0. The van der Waals surface area contributed by atoms with Gasteiger partial charge in [0.1, 0.15) is 11.4 Å². The molecule has 5 rings (SSSR count). The Hall–Kier alpha value is -3.45. The van der Waals surface area contributed by atoms with Crippen LogP contribution in [0.1, 0.15) is 35.8 Å². The zero-order valence-electron chi connectivity index (χ0n) is 18.5. The van der Waals surface area contributed by atoms with Gasteiger partial charge in [0.25, 0.3) is 5.56 Å². The molecule has 0 atom stereocenters. The first-order valence-electron chi connectivity index (χ1n) is 11.3. The largest absolute Gasteiger partial charge is 0.337 e. The minimum atomic E-state index is -0.492. The number of rotatable bonds is 5. The highest BCUT2D eigenvalue weighted by atomic mass is 32.1. The Bertz CT molecular complexity index is 1450. The van der Waals surface area contributed by atoms with Crippen molar-refractivity contribution < 1.29 is 4.79 Å². The predicted octanol–water partition coefficient (Wildman–Crippen LogP) is 4.29. The van der Waals surface area contributed by atoms with E-state index in [2.05, 4.69) is 12.2 Å². The van der Waals surface area contributed by atoms with Crippen LogP contribution in [0.5, 0.6) is 0 Å². The number of benzene rings is 2. The van der Waals surface area contributed by atoms with Crippen LogP contribution in [-0.4, -0.2) is 15.0 Å². The van der Waals surface area contributed by atoms with E-state index in [0.29, 0.717) is 21.6 Å². The molecule has 0 unspecified atom stereocenters. The number of fused-ring (bicyclic) bond motifs is 3. The number of hydrogen-bond donors (Lipinski definition) is 1. The molecule has 0 spiro atoms. The van der Waals surface area contributed by atoms with Gasteiger partial charge in [-0.15, -0.1) is 11.3 Å². The summed E-state index contributed by atoms with van der Waals surface area (Å²) in [5.74, 6) is -0.299. The lowest BCUT2D eigenvalue weighted by Crippen LogP contribution is -2.40. The first kappa shape index (κ1) is 21.4. The van der Waals surface area contributed by atoms with Gasteiger partial charge in [-0.2, -0.15) is 0 Å². The van der Waals surface area contributed by atoms with Crippen molar-refractivity contribution in [2.45, 2.75) is 45.6 Å². The summed E-state index contributed by atoms with van der Waals surface area (Å²) in [4.78, 5) is 41.8. The number of para-hydroxylation sites is 1. The van der Waals surface area contributed by atoms with Gasteiger partial charge < -0.3 is 5.32 Å². The molecule has 0 aliphatic heterocycles. The van der Waals surface area contributed by atoms with Crippen LogP contribution in [0.25, 0.3) is 15.9 Å². The lowest BCUT2D eigenvalue weighted by Gasteiger charge is -2.13. The van der Waals surface area contributed by atoms with Crippen LogP contribution in [-0.2, 0) is 30.6 Å². The SMILES string of the molecule is CCc1ccc(NC(=O)Cn2c(=O)n(-c3ccccc3)c(=O)c3c4c(sc32)CCCC4)cc1. The number of hydrogen-bond acceptors (Lipinski definition) is 4. The average Bonchev–Trinajstić information content (AvgIpc) is 3.23. The number of carbonyl (C=O) groups excluding carboxylic acids is 1. The van der Waals surface area contributed by atoms with Crippen molar-refractivity contribution in [1.29, 1.82) is 0 Å². The van der Waals surface area contributed by atoms with Gasteiger partial charge in [-0.3, -0.25) is 14.2 Å². The van der Waals surface area contributed by atoms with Gasteiger partial charge in [0.15, 0.2) is 0 Å². The third kappa shape index (κ3) is 3.93. The standard InChI is InChI=1S/C26H25N3O3S/c1-2-17-12-14-18(15-13-17)27-22(30)16-28-25-23(20-10-6-7-11-21(20)33-25)24(31)29(26(28)32)19-8-4-3-5-9-19/h3-5,8-9,12-15H,2,6-7,10-11,16H2,1H3,(H,27,30). The molecule has 2 heterocycles. The van der Waals surface area contributed by atoms with E-state index in [1.807, 2.05) is 30.3 Å². The molecule has 1 aliphatic carbocycles. The van der Waals surface area contributed by atoms with E-state index in [1.54, 1.807) is 24.3 Å². The number of nitrogens with one attached hydrogen (secondary N) is 1. The number of thiophene rings is 1. The topological polar surface area (TPSA) is 73.1 Å². The molecule has 33 heavy (non-hydrogen) atoms. The summed E-state index contributed by atoms with van der Waals surface area (Å²) in [6, 6.07) is 16.6. The first-order chi connectivity index (χ1) is 16.1. The molecule has 0 bridgehead atoms. The Balaban J connectivity index is 1.62. The number of aromatic nitrogens is 2. The van der Waals surface area contributed by atoms with Crippen molar-refractivity contribution in [2.24, 2.45) is 0 Å². The van der Waals surface area contributed by atoms with Gasteiger partial charge in [0, 0.05) is 10.6 Å². The summed E-state index contributed by atoms with van der Waals surface area (Å²) in [6.45, 7) is 1.92. The molecule has 0 saturated heterocycles. The molecule has 6 nitrogen and oxygen atoms in total. The minimum Gasteiger partial charge on any atom is -0.325 e. The molecule has 0 saturated carbocycles. The van der Waals surface area contributed by atoms with Crippen molar-refractivity contribution >= 4 is 33.1 Å². The molecule has 1 aliphatic rings. The van der Waals surface area contributed by atoms with Crippen LogP contribution in [0.2, 0.25) is 0 Å². The monoisotopic (exact) mass is 459 g/mol. The molecule has 0 radical (unpaired) electrons. The molecule has 1 amide bonds. The van der Waals surface area contributed by atoms with Gasteiger partial charge in [-0.05, 0) is 67.5 Å². The quantitative estimate of drug-likeness (QED) is 0.484. The van der Waals surface area contributed by atoms with E-state index in [9.17, 15) is 14.4 Å². The van der Waals surface area contributed by atoms with E-state index < -0.39 is 5.69 Å². The highest BCUT2D eigenvalue weighted by Crippen LogP contribution is 2.34. The molecule has 0 fully saturated rings. The molecule has 2 aromatic carbocycles. The van der Waals surface area contributed by atoms with Gasteiger partial charge in [-0.25, -0.2) is 9.36 Å². The maximum atomic E-state index is 13.5. The number of amides is 1. The van der Waals surface area contributed by atoms with Gasteiger partial charge in [0.05, 0.1) is 11.1 Å². The fourth-order valence-electron chi connectivity index (χ4n) is 4.48. The molecule has 168 valence electrons. The number of nitrogens with zero attached hydrogens (tertiary/aromatic N) is 2. The summed E-state index contributed by atoms with van der Waals surface area (Å²) in [6.07, 6.45) is 4.75. The normalized spacial score (nSPS) is 13.1. The zero-order valence-corrected chi connectivity index (χ0v) is 19.3. The summed E-state index contributed by atoms with van der Waals surface area (Å²) in [5.41, 5.74) is 2.63. The smallest absolute Gasteiger partial charge is 0.325 e. The third-order valence-electron chi connectivity index (χ3n) is 6.20. The molecular weight excluding hydrogens is 434 g/mol. The Morgan fingerprint density at radius 1 is 1.00 bits per heavy atom. The van der Waals surface area contributed by atoms with Gasteiger partial charge in [0.2, 0.25) is 5.91 Å². The zero-order chi connectivity index (χ0) is 22.9. The minimum absolute atomic E-state index is 0.155. The fourth-order valence-corrected chi connectivity index (χ4v) is 5.85. The summed E-state index contributed by atoms with van der Waals surface area (Å²) >= 11 is 1.48. The van der Waals surface area contributed by atoms with Crippen LogP contribution in [0.15, 0.2) is 64.2 Å². The third-order valence-corrected chi connectivity index (χ3v) is 7.51. The van der Waals surface area contributed by atoms with E-state index >= 15 is 0 Å². The van der Waals surface area contributed by atoms with Crippen LogP contribution in [0, 0.1) is 0 Å². The second-order valence-electron chi connectivity index (χ2n) is 8.33. The lowest BCUT2D eigenvalue weighted by atomic mass is 9.97. The second kappa shape index (κ2) is 8.83. The molecular formula is C26H25N3O3S. The van der Waals surface area contributed by atoms with Gasteiger partial charge >= 0.3 is 5.69 Å².